The van der Waals surface area contributed by atoms with Crippen molar-refractivity contribution in [2.24, 2.45) is 5.92 Å². The molecule has 0 aromatic rings. The fraction of sp³-hybridized carbons (Fsp3) is 0.909. The van der Waals surface area contributed by atoms with Crippen molar-refractivity contribution in [2.45, 2.75) is 38.6 Å². The number of hydrogen-bond acceptors (Lipinski definition) is 3. The summed E-state index contributed by atoms with van der Waals surface area (Å²) in [5.41, 5.74) is 0. The van der Waals surface area contributed by atoms with Crippen molar-refractivity contribution in [1.82, 2.24) is 5.32 Å². The third-order valence-corrected chi connectivity index (χ3v) is 2.72. The summed E-state index contributed by atoms with van der Waals surface area (Å²) in [6.45, 7) is 4.19. The summed E-state index contributed by atoms with van der Waals surface area (Å²) in [4.78, 5) is 0. The molecule has 1 saturated carbocycles. The largest absolute Gasteiger partial charge is 0.378 e. The average molecular weight is 196 g/mol. The first-order valence-corrected chi connectivity index (χ1v) is 5.57. The van der Waals surface area contributed by atoms with Gasteiger partial charge in [-0.05, 0) is 25.3 Å². The van der Waals surface area contributed by atoms with Gasteiger partial charge in [-0.2, -0.15) is 5.26 Å². The number of nitrogens with zero attached hydrogens (tertiary/aromatic N) is 1. The van der Waals surface area contributed by atoms with Crippen LogP contribution in [-0.4, -0.2) is 25.8 Å². The summed E-state index contributed by atoms with van der Waals surface area (Å²) in [5, 5.41) is 11.8. The number of nitrogens with one attached hydrogen (secondary N) is 1. The van der Waals surface area contributed by atoms with E-state index in [9.17, 15) is 0 Å². The molecule has 1 unspecified atom stereocenters. The summed E-state index contributed by atoms with van der Waals surface area (Å²) >= 11 is 0. The molecule has 0 aliphatic heterocycles. The van der Waals surface area contributed by atoms with Crippen LogP contribution in [-0.2, 0) is 4.74 Å². The van der Waals surface area contributed by atoms with Gasteiger partial charge in [0, 0.05) is 6.61 Å². The van der Waals surface area contributed by atoms with Crippen LogP contribution in [0.2, 0.25) is 0 Å². The summed E-state index contributed by atoms with van der Waals surface area (Å²) in [6.07, 6.45) is 5.31. The predicted molar refractivity (Wildman–Crippen MR) is 55.9 cm³/mol. The van der Waals surface area contributed by atoms with Crippen LogP contribution < -0.4 is 5.32 Å². The normalized spacial score (nSPS) is 19.4. The molecule has 1 fully saturated rings. The standard InChI is InChI=1S/C11H20N2O/c1-2-13-11(7-12)9-14-8-10-5-3-4-6-10/h10-11,13H,2-6,8-9H2,1H3. The van der Waals surface area contributed by atoms with Crippen molar-refractivity contribution in [3.8, 4) is 6.07 Å². The molecule has 1 N–H and O–H groups in total. The Kier molecular flexibility index (Phi) is 5.58. The highest BCUT2D eigenvalue weighted by Gasteiger charge is 2.15. The Morgan fingerprint density at radius 3 is 2.79 bits per heavy atom. The highest BCUT2D eigenvalue weighted by atomic mass is 16.5. The van der Waals surface area contributed by atoms with E-state index < -0.39 is 0 Å². The Morgan fingerprint density at radius 1 is 1.50 bits per heavy atom. The zero-order valence-corrected chi connectivity index (χ0v) is 8.96. The Morgan fingerprint density at radius 2 is 2.21 bits per heavy atom. The molecular formula is C11H20N2O. The highest BCUT2D eigenvalue weighted by Crippen LogP contribution is 2.24. The molecule has 80 valence electrons. The van der Waals surface area contributed by atoms with Crippen molar-refractivity contribution in [3.05, 3.63) is 0 Å². The number of nitriles is 1. The summed E-state index contributed by atoms with van der Waals surface area (Å²) in [7, 11) is 0. The van der Waals surface area contributed by atoms with Gasteiger partial charge >= 0.3 is 0 Å². The zero-order valence-electron chi connectivity index (χ0n) is 8.96. The second-order valence-electron chi connectivity index (χ2n) is 3.93. The summed E-state index contributed by atoms with van der Waals surface area (Å²) < 4.78 is 5.54. The molecule has 1 rings (SSSR count). The fourth-order valence-electron chi connectivity index (χ4n) is 1.92. The Hall–Kier alpha value is -0.590. The second-order valence-corrected chi connectivity index (χ2v) is 3.93. The van der Waals surface area contributed by atoms with E-state index in [1.165, 1.54) is 25.7 Å². The lowest BCUT2D eigenvalue weighted by molar-refractivity contribution is 0.0929. The van der Waals surface area contributed by atoms with Gasteiger partial charge in [-0.15, -0.1) is 0 Å². The van der Waals surface area contributed by atoms with Crippen LogP contribution in [0.1, 0.15) is 32.6 Å². The minimum atomic E-state index is -0.138. The van der Waals surface area contributed by atoms with Crippen LogP contribution in [0.3, 0.4) is 0 Å². The lowest BCUT2D eigenvalue weighted by atomic mass is 10.1. The highest BCUT2D eigenvalue weighted by molar-refractivity contribution is 4.89. The second kappa shape index (κ2) is 6.80. The summed E-state index contributed by atoms with van der Waals surface area (Å²) in [5.74, 6) is 0.746. The van der Waals surface area contributed by atoms with E-state index in [1.54, 1.807) is 0 Å². The first-order valence-electron chi connectivity index (χ1n) is 5.57. The average Bonchev–Trinajstić information content (AvgIpc) is 2.69. The van der Waals surface area contributed by atoms with E-state index in [2.05, 4.69) is 11.4 Å². The quantitative estimate of drug-likeness (QED) is 0.703. The molecule has 0 amide bonds. The van der Waals surface area contributed by atoms with E-state index in [4.69, 9.17) is 10.00 Å². The lowest BCUT2D eigenvalue weighted by Crippen LogP contribution is -2.32. The maximum Gasteiger partial charge on any atom is 0.119 e. The lowest BCUT2D eigenvalue weighted by Gasteiger charge is -2.13. The van der Waals surface area contributed by atoms with Crippen molar-refractivity contribution < 1.29 is 4.74 Å². The summed E-state index contributed by atoms with van der Waals surface area (Å²) in [6, 6.07) is 2.05. The molecule has 0 aromatic heterocycles. The Balaban J connectivity index is 2.04. The van der Waals surface area contributed by atoms with Gasteiger partial charge in [-0.1, -0.05) is 19.8 Å². The Labute approximate surface area is 86.4 Å². The van der Waals surface area contributed by atoms with Gasteiger partial charge in [-0.25, -0.2) is 0 Å². The van der Waals surface area contributed by atoms with Gasteiger partial charge < -0.3 is 10.1 Å². The van der Waals surface area contributed by atoms with E-state index in [-0.39, 0.29) is 6.04 Å². The van der Waals surface area contributed by atoms with Crippen LogP contribution in [0.4, 0.5) is 0 Å². The van der Waals surface area contributed by atoms with Crippen LogP contribution in [0.5, 0.6) is 0 Å². The predicted octanol–water partition coefficient (Wildman–Crippen LogP) is 1.69. The fourth-order valence-corrected chi connectivity index (χ4v) is 1.92. The van der Waals surface area contributed by atoms with E-state index in [0.717, 1.165) is 19.1 Å². The molecule has 1 aliphatic rings. The first-order chi connectivity index (χ1) is 6.86. The van der Waals surface area contributed by atoms with Gasteiger partial charge in [0.15, 0.2) is 0 Å². The number of hydrogen-bond donors (Lipinski definition) is 1. The molecule has 1 aliphatic carbocycles. The van der Waals surface area contributed by atoms with Crippen LogP contribution in [0, 0.1) is 17.2 Å². The molecule has 0 bridgehead atoms. The minimum absolute atomic E-state index is 0.138. The molecule has 14 heavy (non-hydrogen) atoms. The van der Waals surface area contributed by atoms with Crippen LogP contribution in [0.15, 0.2) is 0 Å². The van der Waals surface area contributed by atoms with Gasteiger partial charge in [0.1, 0.15) is 6.04 Å². The van der Waals surface area contributed by atoms with Gasteiger partial charge in [-0.3, -0.25) is 0 Å². The van der Waals surface area contributed by atoms with Crippen LogP contribution >= 0.6 is 0 Å². The maximum atomic E-state index is 8.76. The van der Waals surface area contributed by atoms with Crippen LogP contribution in [0.25, 0.3) is 0 Å². The molecule has 1 atom stereocenters. The molecule has 0 saturated heterocycles. The number of likely N-dealkylation sites (N-methyl/N-ethyl adjacent to an activating group) is 1. The molecular weight excluding hydrogens is 176 g/mol. The SMILES string of the molecule is CCNC(C#N)COCC1CCCC1. The van der Waals surface area contributed by atoms with E-state index >= 15 is 0 Å². The topological polar surface area (TPSA) is 45.0 Å². The maximum absolute atomic E-state index is 8.76. The van der Waals surface area contributed by atoms with Crippen molar-refractivity contribution in [1.29, 1.82) is 5.26 Å². The van der Waals surface area contributed by atoms with E-state index in [0.29, 0.717) is 6.61 Å². The zero-order chi connectivity index (χ0) is 10.2. The molecule has 0 radical (unpaired) electrons. The molecule has 3 nitrogen and oxygen atoms in total. The Bertz CT molecular complexity index is 182. The third kappa shape index (κ3) is 4.08. The number of ether oxygens (including phenoxy) is 1. The van der Waals surface area contributed by atoms with Gasteiger partial charge in [0.25, 0.3) is 0 Å². The van der Waals surface area contributed by atoms with Crippen molar-refractivity contribution in [2.75, 3.05) is 19.8 Å². The number of rotatable bonds is 6. The third-order valence-electron chi connectivity index (χ3n) is 2.72. The van der Waals surface area contributed by atoms with E-state index in [1.807, 2.05) is 6.92 Å². The van der Waals surface area contributed by atoms with Gasteiger partial charge in [0.2, 0.25) is 0 Å². The molecule has 0 heterocycles. The van der Waals surface area contributed by atoms with Crippen molar-refractivity contribution in [3.63, 3.8) is 0 Å². The monoisotopic (exact) mass is 196 g/mol. The van der Waals surface area contributed by atoms with Crippen molar-refractivity contribution >= 4 is 0 Å². The smallest absolute Gasteiger partial charge is 0.119 e. The molecule has 0 aromatic carbocycles. The molecule has 3 heteroatoms. The molecule has 0 spiro atoms. The minimum Gasteiger partial charge on any atom is -0.378 e. The van der Waals surface area contributed by atoms with Gasteiger partial charge in [0.05, 0.1) is 12.7 Å². The first kappa shape index (κ1) is 11.5.